The molecule has 1 saturated carbocycles. The second-order valence-corrected chi connectivity index (χ2v) is 4.68. The van der Waals surface area contributed by atoms with Gasteiger partial charge in [-0.25, -0.2) is 0 Å². The van der Waals surface area contributed by atoms with E-state index < -0.39 is 0 Å². The fourth-order valence-corrected chi connectivity index (χ4v) is 2.30. The first-order valence-corrected chi connectivity index (χ1v) is 6.34. The standard InChI is InChI=1S/C13H18ClNO/c14-11-4-3-7-13(10-11)16-9-8-15-12-5-1-2-6-12/h3-4,7,10,12,15H,1-2,5-6,8-9H2. The van der Waals surface area contributed by atoms with Crippen LogP contribution in [0.15, 0.2) is 24.3 Å². The van der Waals surface area contributed by atoms with Crippen LogP contribution in [0.3, 0.4) is 0 Å². The minimum Gasteiger partial charge on any atom is -0.492 e. The minimum atomic E-state index is 0.705. The summed E-state index contributed by atoms with van der Waals surface area (Å²) >= 11 is 5.87. The van der Waals surface area contributed by atoms with E-state index in [4.69, 9.17) is 16.3 Å². The summed E-state index contributed by atoms with van der Waals surface area (Å²) in [6.07, 6.45) is 5.37. The molecular formula is C13H18ClNO. The molecule has 1 aliphatic carbocycles. The minimum absolute atomic E-state index is 0.705. The van der Waals surface area contributed by atoms with Gasteiger partial charge in [-0.3, -0.25) is 0 Å². The van der Waals surface area contributed by atoms with Crippen molar-refractivity contribution in [2.45, 2.75) is 31.7 Å². The quantitative estimate of drug-likeness (QED) is 0.797. The SMILES string of the molecule is Clc1cccc(OCCNC2CCCC2)c1. The molecule has 88 valence electrons. The third kappa shape index (κ3) is 3.69. The second kappa shape index (κ2) is 6.12. The maximum atomic E-state index is 5.87. The second-order valence-electron chi connectivity index (χ2n) is 4.24. The molecule has 2 rings (SSSR count). The first kappa shape index (κ1) is 11.7. The predicted molar refractivity (Wildman–Crippen MR) is 67.2 cm³/mol. The number of halogens is 1. The van der Waals surface area contributed by atoms with E-state index in [1.54, 1.807) is 0 Å². The third-order valence-corrected chi connectivity index (χ3v) is 3.19. The third-order valence-electron chi connectivity index (χ3n) is 2.96. The molecule has 0 aliphatic heterocycles. The van der Waals surface area contributed by atoms with E-state index in [1.807, 2.05) is 24.3 Å². The summed E-state index contributed by atoms with van der Waals surface area (Å²) in [6, 6.07) is 8.24. The first-order valence-electron chi connectivity index (χ1n) is 5.96. The number of benzene rings is 1. The van der Waals surface area contributed by atoms with Gasteiger partial charge in [0.1, 0.15) is 12.4 Å². The molecule has 0 saturated heterocycles. The molecule has 0 amide bonds. The van der Waals surface area contributed by atoms with Crippen molar-refractivity contribution in [1.29, 1.82) is 0 Å². The number of rotatable bonds is 5. The Balaban J connectivity index is 1.64. The predicted octanol–water partition coefficient (Wildman–Crippen LogP) is 3.25. The van der Waals surface area contributed by atoms with Crippen LogP contribution in [-0.4, -0.2) is 19.2 Å². The van der Waals surface area contributed by atoms with Crippen LogP contribution >= 0.6 is 11.6 Å². The number of hydrogen-bond donors (Lipinski definition) is 1. The van der Waals surface area contributed by atoms with Gasteiger partial charge in [0.25, 0.3) is 0 Å². The smallest absolute Gasteiger partial charge is 0.120 e. The number of nitrogens with one attached hydrogen (secondary N) is 1. The Hall–Kier alpha value is -0.730. The highest BCUT2D eigenvalue weighted by Gasteiger charge is 2.13. The molecule has 0 atom stereocenters. The van der Waals surface area contributed by atoms with Gasteiger partial charge in [-0.1, -0.05) is 30.5 Å². The monoisotopic (exact) mass is 239 g/mol. The molecular weight excluding hydrogens is 222 g/mol. The highest BCUT2D eigenvalue weighted by molar-refractivity contribution is 6.30. The van der Waals surface area contributed by atoms with Gasteiger partial charge in [-0.15, -0.1) is 0 Å². The molecule has 0 spiro atoms. The molecule has 16 heavy (non-hydrogen) atoms. The van der Waals surface area contributed by atoms with Gasteiger partial charge < -0.3 is 10.1 Å². The largest absolute Gasteiger partial charge is 0.492 e. The number of ether oxygens (including phenoxy) is 1. The van der Waals surface area contributed by atoms with Crippen LogP contribution < -0.4 is 10.1 Å². The molecule has 0 aromatic heterocycles. The van der Waals surface area contributed by atoms with Crippen molar-refractivity contribution >= 4 is 11.6 Å². The van der Waals surface area contributed by atoms with Crippen LogP contribution in [0.2, 0.25) is 5.02 Å². The van der Waals surface area contributed by atoms with E-state index in [-0.39, 0.29) is 0 Å². The van der Waals surface area contributed by atoms with Gasteiger partial charge in [0.15, 0.2) is 0 Å². The average molecular weight is 240 g/mol. The van der Waals surface area contributed by atoms with Crippen molar-refractivity contribution in [3.05, 3.63) is 29.3 Å². The van der Waals surface area contributed by atoms with E-state index in [0.29, 0.717) is 12.6 Å². The summed E-state index contributed by atoms with van der Waals surface area (Å²) in [5, 5.41) is 4.23. The summed E-state index contributed by atoms with van der Waals surface area (Å²) in [4.78, 5) is 0. The van der Waals surface area contributed by atoms with Gasteiger partial charge in [0.2, 0.25) is 0 Å². The first-order chi connectivity index (χ1) is 7.84. The zero-order chi connectivity index (χ0) is 11.2. The van der Waals surface area contributed by atoms with Gasteiger partial charge in [-0.2, -0.15) is 0 Å². The summed E-state index contributed by atoms with van der Waals surface area (Å²) in [5.41, 5.74) is 0. The molecule has 2 nitrogen and oxygen atoms in total. The fraction of sp³-hybridized carbons (Fsp3) is 0.538. The lowest BCUT2D eigenvalue weighted by Crippen LogP contribution is -2.30. The highest BCUT2D eigenvalue weighted by atomic mass is 35.5. The Kier molecular flexibility index (Phi) is 4.49. The van der Waals surface area contributed by atoms with Gasteiger partial charge in [0.05, 0.1) is 0 Å². The highest BCUT2D eigenvalue weighted by Crippen LogP contribution is 2.18. The molecule has 1 aromatic carbocycles. The van der Waals surface area contributed by atoms with Crippen molar-refractivity contribution in [2.24, 2.45) is 0 Å². The summed E-state index contributed by atoms with van der Waals surface area (Å²) in [6.45, 7) is 1.62. The van der Waals surface area contributed by atoms with Crippen LogP contribution in [0.4, 0.5) is 0 Å². The topological polar surface area (TPSA) is 21.3 Å². The van der Waals surface area contributed by atoms with Gasteiger partial charge in [-0.05, 0) is 31.0 Å². The van der Waals surface area contributed by atoms with Crippen molar-refractivity contribution in [2.75, 3.05) is 13.2 Å². The zero-order valence-corrected chi connectivity index (χ0v) is 10.2. The summed E-state index contributed by atoms with van der Waals surface area (Å²) in [5.74, 6) is 0.848. The fourth-order valence-electron chi connectivity index (χ4n) is 2.12. The van der Waals surface area contributed by atoms with Crippen molar-refractivity contribution in [3.63, 3.8) is 0 Å². The Morgan fingerprint density at radius 2 is 2.12 bits per heavy atom. The van der Waals surface area contributed by atoms with Crippen LogP contribution in [-0.2, 0) is 0 Å². The Labute approximate surface area is 102 Å². The number of hydrogen-bond acceptors (Lipinski definition) is 2. The molecule has 1 aliphatic rings. The molecule has 0 heterocycles. The average Bonchev–Trinajstić information content (AvgIpc) is 2.77. The van der Waals surface area contributed by atoms with E-state index in [9.17, 15) is 0 Å². The van der Waals surface area contributed by atoms with Crippen LogP contribution in [0, 0.1) is 0 Å². The van der Waals surface area contributed by atoms with Crippen molar-refractivity contribution in [3.8, 4) is 5.75 Å². The maximum Gasteiger partial charge on any atom is 0.120 e. The Morgan fingerprint density at radius 1 is 1.31 bits per heavy atom. The van der Waals surface area contributed by atoms with Crippen molar-refractivity contribution in [1.82, 2.24) is 5.32 Å². The summed E-state index contributed by atoms with van der Waals surface area (Å²) in [7, 11) is 0. The molecule has 1 N–H and O–H groups in total. The summed E-state index contributed by atoms with van der Waals surface area (Å²) < 4.78 is 5.60. The lowest BCUT2D eigenvalue weighted by molar-refractivity contribution is 0.305. The Bertz CT molecular complexity index is 323. The lowest BCUT2D eigenvalue weighted by Gasteiger charge is -2.12. The zero-order valence-electron chi connectivity index (χ0n) is 9.42. The molecule has 1 fully saturated rings. The molecule has 1 aromatic rings. The van der Waals surface area contributed by atoms with E-state index in [0.717, 1.165) is 17.3 Å². The molecule has 3 heteroatoms. The van der Waals surface area contributed by atoms with E-state index in [2.05, 4.69) is 5.32 Å². The van der Waals surface area contributed by atoms with Crippen LogP contribution in [0.1, 0.15) is 25.7 Å². The Morgan fingerprint density at radius 3 is 2.88 bits per heavy atom. The van der Waals surface area contributed by atoms with Crippen LogP contribution in [0.25, 0.3) is 0 Å². The van der Waals surface area contributed by atoms with Crippen LogP contribution in [0.5, 0.6) is 5.75 Å². The van der Waals surface area contributed by atoms with E-state index in [1.165, 1.54) is 25.7 Å². The van der Waals surface area contributed by atoms with Gasteiger partial charge >= 0.3 is 0 Å². The lowest BCUT2D eigenvalue weighted by atomic mass is 10.2. The normalized spacial score (nSPS) is 16.6. The van der Waals surface area contributed by atoms with Gasteiger partial charge in [0, 0.05) is 17.6 Å². The molecule has 0 radical (unpaired) electrons. The molecule has 0 unspecified atom stereocenters. The van der Waals surface area contributed by atoms with Crippen molar-refractivity contribution < 1.29 is 4.74 Å². The van der Waals surface area contributed by atoms with E-state index >= 15 is 0 Å². The molecule has 0 bridgehead atoms. The maximum absolute atomic E-state index is 5.87.